The van der Waals surface area contributed by atoms with Gasteiger partial charge in [0.25, 0.3) is 0 Å². The lowest BCUT2D eigenvalue weighted by molar-refractivity contribution is 0.238. The predicted molar refractivity (Wildman–Crippen MR) is 132 cm³/mol. The molecule has 1 aliphatic rings. The number of aromatic nitrogens is 2. The van der Waals surface area contributed by atoms with Gasteiger partial charge in [0.05, 0.1) is 16.9 Å². The molecule has 5 nitrogen and oxygen atoms in total. The highest BCUT2D eigenvalue weighted by atomic mass is 16.2. The molecular weight excluding hydrogens is 408 g/mol. The molecule has 4 aromatic rings. The topological polar surface area (TPSA) is 59.0 Å². The van der Waals surface area contributed by atoms with E-state index in [0.717, 1.165) is 47.6 Å². The van der Waals surface area contributed by atoms with E-state index >= 15 is 0 Å². The summed E-state index contributed by atoms with van der Waals surface area (Å²) < 4.78 is 1.86. The maximum Gasteiger partial charge on any atom is 0.321 e. The second-order valence-corrected chi connectivity index (χ2v) is 8.81. The number of nitrogens with one attached hydrogen (secondary N) is 2. The van der Waals surface area contributed by atoms with Crippen LogP contribution in [0.1, 0.15) is 35.7 Å². The zero-order valence-corrected chi connectivity index (χ0v) is 18.8. The number of benzene rings is 3. The van der Waals surface area contributed by atoms with Crippen LogP contribution in [0.25, 0.3) is 5.69 Å². The van der Waals surface area contributed by atoms with Crippen molar-refractivity contribution >= 4 is 11.8 Å². The van der Waals surface area contributed by atoms with Crippen LogP contribution < -0.4 is 10.6 Å². The Balaban J connectivity index is 1.45. The zero-order valence-electron chi connectivity index (χ0n) is 18.8. The zero-order chi connectivity index (χ0) is 22.7. The number of nitrogens with zero attached hydrogens (tertiary/aromatic N) is 2. The average molecular weight is 437 g/mol. The van der Waals surface area contributed by atoms with Crippen molar-refractivity contribution < 1.29 is 4.79 Å². The maximum atomic E-state index is 13.4. The van der Waals surface area contributed by atoms with E-state index in [-0.39, 0.29) is 6.03 Å². The highest BCUT2D eigenvalue weighted by Crippen LogP contribution is 2.31. The largest absolute Gasteiger partial charge is 0.328 e. The fraction of sp³-hybridized carbons (Fsp3) is 0.214. The minimum Gasteiger partial charge on any atom is -0.328 e. The second-order valence-electron chi connectivity index (χ2n) is 8.81. The van der Waals surface area contributed by atoms with Gasteiger partial charge in [-0.2, -0.15) is 5.10 Å². The molecule has 0 fully saturated rings. The molecule has 5 heteroatoms. The molecule has 0 saturated carbocycles. The number of aryl methyl sites for hydroxylation is 1. The number of fused-ring (bicyclic) bond motifs is 1. The van der Waals surface area contributed by atoms with E-state index in [1.54, 1.807) is 0 Å². The van der Waals surface area contributed by atoms with Crippen molar-refractivity contribution in [1.82, 2.24) is 15.1 Å². The van der Waals surface area contributed by atoms with Crippen molar-refractivity contribution in [3.63, 3.8) is 0 Å². The molecule has 0 aliphatic heterocycles. The van der Waals surface area contributed by atoms with Gasteiger partial charge in [0.1, 0.15) is 5.82 Å². The molecule has 1 unspecified atom stereocenters. The molecule has 166 valence electrons. The molecule has 1 aliphatic carbocycles. The third-order valence-electron chi connectivity index (χ3n) is 6.34. The number of para-hydroxylation sites is 1. The molecule has 0 spiro atoms. The van der Waals surface area contributed by atoms with E-state index in [1.165, 1.54) is 5.56 Å². The molecule has 0 saturated heterocycles. The number of carbonyl (C=O) groups excluding carboxylic acids is 1. The molecule has 0 radical (unpaired) electrons. The molecule has 0 bridgehead atoms. The van der Waals surface area contributed by atoms with Gasteiger partial charge in [0.15, 0.2) is 0 Å². The number of hydrogen-bond acceptors (Lipinski definition) is 2. The maximum absolute atomic E-state index is 13.4. The summed E-state index contributed by atoms with van der Waals surface area (Å²) in [4.78, 5) is 13.4. The van der Waals surface area contributed by atoms with Gasteiger partial charge < -0.3 is 5.32 Å². The Bertz CT molecular complexity index is 1240. The summed E-state index contributed by atoms with van der Waals surface area (Å²) in [5.41, 5.74) is 4.80. The van der Waals surface area contributed by atoms with Crippen molar-refractivity contribution in [3.8, 4) is 5.69 Å². The Hall–Kier alpha value is -3.86. The van der Waals surface area contributed by atoms with Gasteiger partial charge in [0, 0.05) is 5.56 Å². The van der Waals surface area contributed by atoms with Crippen LogP contribution in [0.3, 0.4) is 0 Å². The molecule has 1 aromatic heterocycles. The van der Waals surface area contributed by atoms with Crippen LogP contribution in [-0.2, 0) is 24.8 Å². The number of anilines is 1. The molecular formula is C28H28N4O. The summed E-state index contributed by atoms with van der Waals surface area (Å²) in [6.07, 6.45) is 3.62. The van der Waals surface area contributed by atoms with Crippen LogP contribution in [0.2, 0.25) is 0 Å². The predicted octanol–water partition coefficient (Wildman–Crippen LogP) is 5.64. The summed E-state index contributed by atoms with van der Waals surface area (Å²) in [6, 6.07) is 30.1. The number of hydrogen-bond donors (Lipinski definition) is 2. The van der Waals surface area contributed by atoms with Gasteiger partial charge in [-0.25, -0.2) is 9.48 Å². The Morgan fingerprint density at radius 2 is 1.55 bits per heavy atom. The van der Waals surface area contributed by atoms with Crippen molar-refractivity contribution in [2.75, 3.05) is 5.32 Å². The van der Waals surface area contributed by atoms with E-state index in [4.69, 9.17) is 5.10 Å². The summed E-state index contributed by atoms with van der Waals surface area (Å²) in [5, 5.41) is 11.2. The van der Waals surface area contributed by atoms with E-state index < -0.39 is 5.54 Å². The monoisotopic (exact) mass is 436 g/mol. The SMILES string of the molecule is CC(Cc1ccccc1)(NC(=O)Nc1c2c(nn1-c1ccccc1)CCC2)c1ccccc1. The molecule has 3 aromatic carbocycles. The first-order valence-electron chi connectivity index (χ1n) is 11.5. The second kappa shape index (κ2) is 8.94. The Labute approximate surface area is 194 Å². The first kappa shape index (κ1) is 21.0. The highest BCUT2D eigenvalue weighted by Gasteiger charge is 2.31. The fourth-order valence-electron chi connectivity index (χ4n) is 4.69. The number of amides is 2. The smallest absolute Gasteiger partial charge is 0.321 e. The Morgan fingerprint density at radius 1 is 0.909 bits per heavy atom. The minimum absolute atomic E-state index is 0.232. The fourth-order valence-corrected chi connectivity index (χ4v) is 4.69. The normalized spacial score (nSPS) is 14.3. The van der Waals surface area contributed by atoms with Crippen LogP contribution in [-0.4, -0.2) is 15.8 Å². The van der Waals surface area contributed by atoms with Gasteiger partial charge in [-0.3, -0.25) is 5.32 Å². The van der Waals surface area contributed by atoms with Crippen molar-refractivity contribution in [1.29, 1.82) is 0 Å². The summed E-state index contributed by atoms with van der Waals surface area (Å²) >= 11 is 0. The van der Waals surface area contributed by atoms with Crippen molar-refractivity contribution in [3.05, 3.63) is 113 Å². The lowest BCUT2D eigenvalue weighted by Crippen LogP contribution is -2.47. The van der Waals surface area contributed by atoms with Crippen LogP contribution in [0.15, 0.2) is 91.0 Å². The molecule has 1 heterocycles. The minimum atomic E-state index is -0.576. The quantitative estimate of drug-likeness (QED) is 0.411. The number of rotatable bonds is 6. The van der Waals surface area contributed by atoms with E-state index in [0.29, 0.717) is 6.42 Å². The average Bonchev–Trinajstić information content (AvgIpc) is 3.43. The van der Waals surface area contributed by atoms with E-state index in [1.807, 2.05) is 71.4 Å². The lowest BCUT2D eigenvalue weighted by Gasteiger charge is -2.32. The van der Waals surface area contributed by atoms with Gasteiger partial charge >= 0.3 is 6.03 Å². The number of urea groups is 1. The summed E-state index contributed by atoms with van der Waals surface area (Å²) in [6.45, 7) is 2.08. The van der Waals surface area contributed by atoms with Crippen LogP contribution in [0, 0.1) is 0 Å². The Morgan fingerprint density at radius 3 is 2.24 bits per heavy atom. The first-order chi connectivity index (χ1) is 16.1. The Kier molecular flexibility index (Phi) is 5.69. The summed E-state index contributed by atoms with van der Waals surface area (Å²) in [7, 11) is 0. The number of carbonyl (C=O) groups is 1. The van der Waals surface area contributed by atoms with Gasteiger partial charge in [-0.15, -0.1) is 0 Å². The molecule has 5 rings (SSSR count). The lowest BCUT2D eigenvalue weighted by atomic mass is 9.85. The van der Waals surface area contributed by atoms with Crippen LogP contribution in [0.4, 0.5) is 10.6 Å². The third kappa shape index (κ3) is 4.40. The summed E-state index contributed by atoms with van der Waals surface area (Å²) in [5.74, 6) is 0.765. The van der Waals surface area contributed by atoms with Gasteiger partial charge in [-0.1, -0.05) is 78.9 Å². The third-order valence-corrected chi connectivity index (χ3v) is 6.34. The van der Waals surface area contributed by atoms with Crippen molar-refractivity contribution in [2.45, 2.75) is 38.1 Å². The molecule has 2 amide bonds. The van der Waals surface area contributed by atoms with Crippen LogP contribution in [0.5, 0.6) is 0 Å². The van der Waals surface area contributed by atoms with Gasteiger partial charge in [0.2, 0.25) is 0 Å². The van der Waals surface area contributed by atoms with Gasteiger partial charge in [-0.05, 0) is 55.9 Å². The van der Waals surface area contributed by atoms with Crippen LogP contribution >= 0.6 is 0 Å². The standard InChI is InChI=1S/C28H28N4O/c1-28(22-14-7-3-8-15-22,20-21-12-5-2-6-13-21)30-27(33)29-26-24-18-11-19-25(24)31-32(26)23-16-9-4-10-17-23/h2-10,12-17H,11,18-20H2,1H3,(H2,29,30,33). The molecule has 33 heavy (non-hydrogen) atoms. The van der Waals surface area contributed by atoms with Crippen molar-refractivity contribution in [2.24, 2.45) is 0 Å². The van der Waals surface area contributed by atoms with E-state index in [9.17, 15) is 4.79 Å². The first-order valence-corrected chi connectivity index (χ1v) is 11.5. The highest BCUT2D eigenvalue weighted by molar-refractivity contribution is 5.90. The van der Waals surface area contributed by atoms with E-state index in [2.05, 4.69) is 41.8 Å². The molecule has 1 atom stereocenters. The molecule has 2 N–H and O–H groups in total.